The molecule has 0 saturated heterocycles. The maximum atomic E-state index is 11.2. The SMILES string of the molecule is CS(=O)(=O)NCCOc1ccc2c(c1)NC(=O)NC2. The smallest absolute Gasteiger partial charge is 0.319 e. The molecule has 2 amide bonds. The van der Waals surface area contributed by atoms with Gasteiger partial charge in [0.15, 0.2) is 0 Å². The van der Waals surface area contributed by atoms with E-state index >= 15 is 0 Å². The molecule has 0 aliphatic carbocycles. The van der Waals surface area contributed by atoms with Crippen molar-refractivity contribution in [1.29, 1.82) is 0 Å². The Kier molecular flexibility index (Phi) is 3.91. The number of anilines is 1. The molecule has 1 heterocycles. The molecule has 1 aliphatic rings. The monoisotopic (exact) mass is 285 g/mol. The Balaban J connectivity index is 1.91. The number of amides is 2. The van der Waals surface area contributed by atoms with E-state index in [2.05, 4.69) is 15.4 Å². The number of hydrogen-bond donors (Lipinski definition) is 3. The molecule has 0 unspecified atom stereocenters. The minimum Gasteiger partial charge on any atom is -0.492 e. The fraction of sp³-hybridized carbons (Fsp3) is 0.364. The van der Waals surface area contributed by atoms with Gasteiger partial charge in [0.05, 0.1) is 11.9 Å². The largest absolute Gasteiger partial charge is 0.492 e. The van der Waals surface area contributed by atoms with Crippen LogP contribution in [0.25, 0.3) is 0 Å². The van der Waals surface area contributed by atoms with Crippen molar-refractivity contribution in [3.8, 4) is 5.75 Å². The Labute approximate surface area is 111 Å². The molecule has 0 atom stereocenters. The second-order valence-electron chi connectivity index (χ2n) is 4.14. The topological polar surface area (TPSA) is 96.5 Å². The third-order valence-corrected chi connectivity index (χ3v) is 3.23. The lowest BCUT2D eigenvalue weighted by molar-refractivity contribution is 0.251. The Bertz CT molecular complexity index is 586. The standard InChI is InChI=1S/C11H15N3O4S/c1-19(16,17)13-4-5-18-9-3-2-8-7-12-11(15)14-10(8)6-9/h2-3,6,13H,4-5,7H2,1H3,(H2,12,14,15). The maximum absolute atomic E-state index is 11.2. The van der Waals surface area contributed by atoms with Crippen LogP contribution in [-0.2, 0) is 16.6 Å². The summed E-state index contributed by atoms with van der Waals surface area (Å²) in [7, 11) is -3.20. The number of carbonyl (C=O) groups is 1. The van der Waals surface area contributed by atoms with Crippen LogP contribution in [0.4, 0.5) is 10.5 Å². The van der Waals surface area contributed by atoms with Gasteiger partial charge in [-0.3, -0.25) is 0 Å². The highest BCUT2D eigenvalue weighted by atomic mass is 32.2. The van der Waals surface area contributed by atoms with Crippen LogP contribution in [0.2, 0.25) is 0 Å². The molecule has 104 valence electrons. The van der Waals surface area contributed by atoms with Crippen LogP contribution in [-0.4, -0.2) is 33.9 Å². The first-order valence-corrected chi connectivity index (χ1v) is 7.58. The molecule has 8 heteroatoms. The number of benzene rings is 1. The van der Waals surface area contributed by atoms with Crippen LogP contribution < -0.4 is 20.1 Å². The average molecular weight is 285 g/mol. The normalized spacial score (nSPS) is 14.3. The van der Waals surface area contributed by atoms with E-state index in [-0.39, 0.29) is 19.2 Å². The van der Waals surface area contributed by atoms with Gasteiger partial charge in [-0.25, -0.2) is 17.9 Å². The minimum atomic E-state index is -3.20. The highest BCUT2D eigenvalue weighted by Gasteiger charge is 2.14. The Morgan fingerprint density at radius 1 is 1.42 bits per heavy atom. The summed E-state index contributed by atoms with van der Waals surface area (Å²) in [4.78, 5) is 11.2. The fourth-order valence-electron chi connectivity index (χ4n) is 1.65. The van der Waals surface area contributed by atoms with Gasteiger partial charge in [-0.2, -0.15) is 0 Å². The predicted octanol–water partition coefficient (Wildman–Crippen LogP) is 0.250. The molecular weight excluding hydrogens is 270 g/mol. The zero-order chi connectivity index (χ0) is 13.9. The first kappa shape index (κ1) is 13.6. The van der Waals surface area contributed by atoms with Crippen molar-refractivity contribution in [2.45, 2.75) is 6.54 Å². The second kappa shape index (κ2) is 5.45. The Morgan fingerprint density at radius 2 is 2.21 bits per heavy atom. The van der Waals surface area contributed by atoms with Gasteiger partial charge >= 0.3 is 6.03 Å². The van der Waals surface area contributed by atoms with Crippen molar-refractivity contribution in [3.63, 3.8) is 0 Å². The molecule has 7 nitrogen and oxygen atoms in total. The fourth-order valence-corrected chi connectivity index (χ4v) is 2.11. The summed E-state index contributed by atoms with van der Waals surface area (Å²) in [6.07, 6.45) is 1.09. The van der Waals surface area contributed by atoms with E-state index in [0.29, 0.717) is 18.0 Å². The maximum Gasteiger partial charge on any atom is 0.319 e. The van der Waals surface area contributed by atoms with E-state index in [9.17, 15) is 13.2 Å². The molecule has 3 N–H and O–H groups in total. The van der Waals surface area contributed by atoms with Crippen LogP contribution in [0.1, 0.15) is 5.56 Å². The van der Waals surface area contributed by atoms with Gasteiger partial charge in [0.1, 0.15) is 12.4 Å². The van der Waals surface area contributed by atoms with Gasteiger partial charge < -0.3 is 15.4 Å². The molecule has 0 bridgehead atoms. The van der Waals surface area contributed by atoms with Crippen molar-refractivity contribution in [1.82, 2.24) is 10.0 Å². The summed E-state index contributed by atoms with van der Waals surface area (Å²) in [6.45, 7) is 0.902. The van der Waals surface area contributed by atoms with Crippen LogP contribution in [0, 0.1) is 0 Å². The third-order valence-electron chi connectivity index (χ3n) is 2.50. The zero-order valence-corrected chi connectivity index (χ0v) is 11.2. The van der Waals surface area contributed by atoms with Crippen molar-refractivity contribution in [2.75, 3.05) is 24.7 Å². The predicted molar refractivity (Wildman–Crippen MR) is 70.6 cm³/mol. The first-order chi connectivity index (χ1) is 8.94. The number of ether oxygens (including phenoxy) is 1. The van der Waals surface area contributed by atoms with Gasteiger partial charge in [0, 0.05) is 19.2 Å². The Hall–Kier alpha value is -1.80. The molecule has 0 saturated carbocycles. The number of hydrogen-bond acceptors (Lipinski definition) is 4. The molecule has 19 heavy (non-hydrogen) atoms. The summed E-state index contributed by atoms with van der Waals surface area (Å²) in [5, 5.41) is 5.33. The van der Waals surface area contributed by atoms with E-state index in [1.807, 2.05) is 6.07 Å². The number of carbonyl (C=O) groups excluding carboxylic acids is 1. The second-order valence-corrected chi connectivity index (χ2v) is 5.97. The third kappa shape index (κ3) is 4.11. The number of fused-ring (bicyclic) bond motifs is 1. The van der Waals surface area contributed by atoms with Crippen LogP contribution >= 0.6 is 0 Å². The summed E-state index contributed by atoms with van der Waals surface area (Å²) in [6, 6.07) is 5.09. The average Bonchev–Trinajstić information content (AvgIpc) is 2.33. The van der Waals surface area contributed by atoms with E-state index < -0.39 is 10.0 Å². The van der Waals surface area contributed by atoms with Crippen molar-refractivity contribution >= 4 is 21.7 Å². The van der Waals surface area contributed by atoms with Crippen molar-refractivity contribution in [3.05, 3.63) is 23.8 Å². The molecule has 1 aromatic carbocycles. The van der Waals surface area contributed by atoms with Gasteiger partial charge in [0.2, 0.25) is 10.0 Å². The number of nitrogens with one attached hydrogen (secondary N) is 3. The first-order valence-electron chi connectivity index (χ1n) is 5.69. The highest BCUT2D eigenvalue weighted by molar-refractivity contribution is 7.88. The Morgan fingerprint density at radius 3 is 2.95 bits per heavy atom. The summed E-state index contributed by atoms with van der Waals surface area (Å²) >= 11 is 0. The van der Waals surface area contributed by atoms with Crippen molar-refractivity contribution < 1.29 is 17.9 Å². The molecule has 0 spiro atoms. The summed E-state index contributed by atoms with van der Waals surface area (Å²) in [5.41, 5.74) is 1.68. The van der Waals surface area contributed by atoms with E-state index in [1.54, 1.807) is 12.1 Å². The molecule has 0 fully saturated rings. The molecule has 0 aromatic heterocycles. The van der Waals surface area contributed by atoms with Crippen LogP contribution in [0.3, 0.4) is 0 Å². The molecule has 2 rings (SSSR count). The van der Waals surface area contributed by atoms with Gasteiger partial charge in [-0.1, -0.05) is 6.07 Å². The molecular formula is C11H15N3O4S. The van der Waals surface area contributed by atoms with Gasteiger partial charge in [0.25, 0.3) is 0 Å². The number of urea groups is 1. The summed E-state index contributed by atoms with van der Waals surface area (Å²) in [5.74, 6) is 0.580. The lowest BCUT2D eigenvalue weighted by Crippen LogP contribution is -2.33. The van der Waals surface area contributed by atoms with E-state index in [4.69, 9.17) is 4.74 Å². The van der Waals surface area contributed by atoms with E-state index in [1.165, 1.54) is 0 Å². The summed E-state index contributed by atoms with van der Waals surface area (Å²) < 4.78 is 29.4. The number of sulfonamides is 1. The molecule has 1 aliphatic heterocycles. The van der Waals surface area contributed by atoms with Gasteiger partial charge in [-0.05, 0) is 11.6 Å². The van der Waals surface area contributed by atoms with Crippen molar-refractivity contribution in [2.24, 2.45) is 0 Å². The quantitative estimate of drug-likeness (QED) is 0.676. The van der Waals surface area contributed by atoms with Gasteiger partial charge in [-0.15, -0.1) is 0 Å². The van der Waals surface area contributed by atoms with E-state index in [0.717, 1.165) is 11.8 Å². The minimum absolute atomic E-state index is 0.198. The molecule has 1 aromatic rings. The lowest BCUT2D eigenvalue weighted by Gasteiger charge is -2.19. The highest BCUT2D eigenvalue weighted by Crippen LogP contribution is 2.24. The zero-order valence-electron chi connectivity index (χ0n) is 10.4. The van der Waals surface area contributed by atoms with Crippen LogP contribution in [0.5, 0.6) is 5.75 Å². The number of rotatable bonds is 5. The lowest BCUT2D eigenvalue weighted by atomic mass is 10.1. The van der Waals surface area contributed by atoms with Crippen LogP contribution in [0.15, 0.2) is 18.2 Å². The molecule has 0 radical (unpaired) electrons.